The van der Waals surface area contributed by atoms with Crippen molar-refractivity contribution in [2.45, 2.75) is 25.8 Å². The number of thiophene rings is 1. The molecule has 0 amide bonds. The molecule has 0 fully saturated rings. The van der Waals surface area contributed by atoms with Crippen LogP contribution in [0.3, 0.4) is 0 Å². The number of nitrogens with two attached hydrogens (primary N) is 1. The number of benzene rings is 2. The number of aryl methyl sites for hydroxylation is 1. The van der Waals surface area contributed by atoms with Crippen LogP contribution in [0.5, 0.6) is 0 Å². The van der Waals surface area contributed by atoms with Gasteiger partial charge in [-0.1, -0.05) is 49.4 Å². The highest BCUT2D eigenvalue weighted by molar-refractivity contribution is 7.17. The van der Waals surface area contributed by atoms with Crippen molar-refractivity contribution in [2.24, 2.45) is 5.84 Å². The minimum atomic E-state index is 0.147. The minimum absolute atomic E-state index is 0.147. The minimum Gasteiger partial charge on any atom is -0.271 e. The van der Waals surface area contributed by atoms with Gasteiger partial charge in [0.1, 0.15) is 0 Å². The van der Waals surface area contributed by atoms with E-state index in [1.54, 1.807) is 11.3 Å². The molecule has 21 heavy (non-hydrogen) atoms. The molecule has 1 heterocycles. The maximum absolute atomic E-state index is 5.79. The highest BCUT2D eigenvalue weighted by atomic mass is 32.1. The van der Waals surface area contributed by atoms with Crippen molar-refractivity contribution >= 4 is 21.4 Å². The summed E-state index contributed by atoms with van der Waals surface area (Å²) in [5, 5.41) is 3.59. The number of hydrazine groups is 1. The molecule has 0 bridgehead atoms. The first-order valence-electron chi connectivity index (χ1n) is 7.32. The fourth-order valence-corrected chi connectivity index (χ4v) is 3.65. The lowest BCUT2D eigenvalue weighted by molar-refractivity contribution is 0.554. The lowest BCUT2D eigenvalue weighted by Crippen LogP contribution is -2.29. The quantitative estimate of drug-likeness (QED) is 0.547. The summed E-state index contributed by atoms with van der Waals surface area (Å²) in [5.41, 5.74) is 6.92. The third-order valence-electron chi connectivity index (χ3n) is 3.98. The van der Waals surface area contributed by atoms with Crippen LogP contribution in [-0.2, 0) is 12.8 Å². The molecule has 2 nitrogen and oxygen atoms in total. The van der Waals surface area contributed by atoms with E-state index in [-0.39, 0.29) is 6.04 Å². The topological polar surface area (TPSA) is 38.0 Å². The first-order chi connectivity index (χ1) is 10.3. The standard InChI is InChI=1S/C18H20N2S/c1-2-13-7-9-14(10-8-13)17(20-19)11-15-12-21-18-6-4-3-5-16(15)18/h3-10,12,17,20H,2,11,19H2,1H3. The molecule has 2 aromatic carbocycles. The van der Waals surface area contributed by atoms with Crippen molar-refractivity contribution in [3.8, 4) is 0 Å². The van der Waals surface area contributed by atoms with E-state index >= 15 is 0 Å². The Morgan fingerprint density at radius 1 is 1.10 bits per heavy atom. The molecule has 1 unspecified atom stereocenters. The van der Waals surface area contributed by atoms with Gasteiger partial charge in [0.05, 0.1) is 6.04 Å². The molecule has 0 radical (unpaired) electrons. The molecule has 1 aromatic heterocycles. The van der Waals surface area contributed by atoms with Gasteiger partial charge in [-0.2, -0.15) is 0 Å². The van der Waals surface area contributed by atoms with Crippen LogP contribution >= 0.6 is 11.3 Å². The average molecular weight is 296 g/mol. The molecule has 3 aromatic rings. The van der Waals surface area contributed by atoms with Gasteiger partial charge >= 0.3 is 0 Å². The van der Waals surface area contributed by atoms with Gasteiger partial charge in [0, 0.05) is 4.70 Å². The van der Waals surface area contributed by atoms with Crippen molar-refractivity contribution in [1.29, 1.82) is 0 Å². The van der Waals surface area contributed by atoms with Gasteiger partial charge in [-0.05, 0) is 46.4 Å². The van der Waals surface area contributed by atoms with Crippen LogP contribution in [0.1, 0.15) is 29.7 Å². The molecule has 3 rings (SSSR count). The molecule has 0 saturated carbocycles. The van der Waals surface area contributed by atoms with E-state index in [0.717, 1.165) is 12.8 Å². The van der Waals surface area contributed by atoms with Gasteiger partial charge < -0.3 is 0 Å². The molecule has 0 saturated heterocycles. The van der Waals surface area contributed by atoms with E-state index in [4.69, 9.17) is 5.84 Å². The van der Waals surface area contributed by atoms with E-state index in [0.29, 0.717) is 0 Å². The largest absolute Gasteiger partial charge is 0.271 e. The van der Waals surface area contributed by atoms with E-state index < -0.39 is 0 Å². The van der Waals surface area contributed by atoms with Gasteiger partial charge in [-0.3, -0.25) is 11.3 Å². The number of hydrogen-bond donors (Lipinski definition) is 2. The summed E-state index contributed by atoms with van der Waals surface area (Å²) in [7, 11) is 0. The van der Waals surface area contributed by atoms with Crippen molar-refractivity contribution in [1.82, 2.24) is 5.43 Å². The van der Waals surface area contributed by atoms with Crippen molar-refractivity contribution in [3.63, 3.8) is 0 Å². The first kappa shape index (κ1) is 14.3. The van der Waals surface area contributed by atoms with Crippen LogP contribution in [0.25, 0.3) is 10.1 Å². The van der Waals surface area contributed by atoms with E-state index in [1.807, 2.05) is 0 Å². The Hall–Kier alpha value is -1.68. The third kappa shape index (κ3) is 3.00. The predicted octanol–water partition coefficient (Wildman–Crippen LogP) is 4.21. The summed E-state index contributed by atoms with van der Waals surface area (Å²) in [5.74, 6) is 5.79. The average Bonchev–Trinajstić information content (AvgIpc) is 2.96. The highest BCUT2D eigenvalue weighted by Crippen LogP contribution is 2.29. The number of rotatable bonds is 5. The molecular weight excluding hydrogens is 276 g/mol. The van der Waals surface area contributed by atoms with E-state index in [9.17, 15) is 0 Å². The zero-order chi connectivity index (χ0) is 14.7. The molecule has 0 spiro atoms. The number of hydrogen-bond acceptors (Lipinski definition) is 3. The Kier molecular flexibility index (Phi) is 4.34. The van der Waals surface area contributed by atoms with Crippen LogP contribution in [0.15, 0.2) is 53.9 Å². The third-order valence-corrected chi connectivity index (χ3v) is 4.99. The molecule has 0 aliphatic heterocycles. The lowest BCUT2D eigenvalue weighted by Gasteiger charge is -2.16. The normalized spacial score (nSPS) is 12.7. The summed E-state index contributed by atoms with van der Waals surface area (Å²) in [6.07, 6.45) is 1.97. The summed E-state index contributed by atoms with van der Waals surface area (Å²) in [4.78, 5) is 0. The van der Waals surface area contributed by atoms with Crippen molar-refractivity contribution in [3.05, 3.63) is 70.6 Å². The summed E-state index contributed by atoms with van der Waals surface area (Å²) >= 11 is 1.80. The van der Waals surface area contributed by atoms with Crippen molar-refractivity contribution in [2.75, 3.05) is 0 Å². The van der Waals surface area contributed by atoms with E-state index in [1.165, 1.54) is 26.8 Å². The van der Waals surface area contributed by atoms with Gasteiger partial charge in [-0.15, -0.1) is 11.3 Å². The summed E-state index contributed by atoms with van der Waals surface area (Å²) in [6, 6.07) is 17.4. The van der Waals surface area contributed by atoms with Crippen LogP contribution < -0.4 is 11.3 Å². The second-order valence-electron chi connectivity index (χ2n) is 5.28. The smallest absolute Gasteiger partial charge is 0.0500 e. The Morgan fingerprint density at radius 2 is 1.86 bits per heavy atom. The number of nitrogens with one attached hydrogen (secondary N) is 1. The SMILES string of the molecule is CCc1ccc(C(Cc2csc3ccccc23)NN)cc1. The van der Waals surface area contributed by atoms with Gasteiger partial charge in [-0.25, -0.2) is 0 Å². The number of fused-ring (bicyclic) bond motifs is 1. The van der Waals surface area contributed by atoms with Gasteiger partial charge in [0.25, 0.3) is 0 Å². The maximum atomic E-state index is 5.79. The molecule has 3 N–H and O–H groups in total. The molecule has 1 atom stereocenters. The molecule has 108 valence electrons. The highest BCUT2D eigenvalue weighted by Gasteiger charge is 2.13. The predicted molar refractivity (Wildman–Crippen MR) is 91.4 cm³/mol. The lowest BCUT2D eigenvalue weighted by atomic mass is 9.98. The zero-order valence-electron chi connectivity index (χ0n) is 12.2. The molecule has 0 aliphatic rings. The fourth-order valence-electron chi connectivity index (χ4n) is 2.67. The monoisotopic (exact) mass is 296 g/mol. The second-order valence-corrected chi connectivity index (χ2v) is 6.19. The zero-order valence-corrected chi connectivity index (χ0v) is 13.0. The Morgan fingerprint density at radius 3 is 2.57 bits per heavy atom. The van der Waals surface area contributed by atoms with Crippen LogP contribution in [-0.4, -0.2) is 0 Å². The van der Waals surface area contributed by atoms with Gasteiger partial charge in [0.2, 0.25) is 0 Å². The second kappa shape index (κ2) is 6.39. The fraction of sp³-hybridized carbons (Fsp3) is 0.222. The van der Waals surface area contributed by atoms with Crippen LogP contribution in [0.2, 0.25) is 0 Å². The Labute approximate surface area is 129 Å². The van der Waals surface area contributed by atoms with Gasteiger partial charge in [0.15, 0.2) is 0 Å². The first-order valence-corrected chi connectivity index (χ1v) is 8.20. The van der Waals surface area contributed by atoms with Crippen molar-refractivity contribution < 1.29 is 0 Å². The molecule has 3 heteroatoms. The maximum Gasteiger partial charge on any atom is 0.0500 e. The summed E-state index contributed by atoms with van der Waals surface area (Å²) < 4.78 is 1.34. The molecule has 0 aliphatic carbocycles. The van der Waals surface area contributed by atoms with Crippen LogP contribution in [0.4, 0.5) is 0 Å². The van der Waals surface area contributed by atoms with E-state index in [2.05, 4.69) is 66.3 Å². The van der Waals surface area contributed by atoms with Crippen LogP contribution in [0, 0.1) is 0 Å². The Balaban J connectivity index is 1.86. The molecular formula is C18H20N2S. The Bertz CT molecular complexity index is 715. The summed E-state index contributed by atoms with van der Waals surface area (Å²) in [6.45, 7) is 2.17.